The molecule has 0 fully saturated rings. The Kier molecular flexibility index (Phi) is 4.04. The molecule has 21 heavy (non-hydrogen) atoms. The van der Waals surface area contributed by atoms with Crippen LogP contribution in [-0.4, -0.2) is 10.9 Å². The second kappa shape index (κ2) is 5.61. The highest BCUT2D eigenvalue weighted by Crippen LogP contribution is 2.38. The molecule has 0 saturated heterocycles. The zero-order valence-electron chi connectivity index (χ0n) is 10.4. The van der Waals surface area contributed by atoms with Crippen molar-refractivity contribution in [1.82, 2.24) is 4.98 Å². The Morgan fingerprint density at radius 3 is 2.62 bits per heavy atom. The first-order valence-corrected chi connectivity index (χ1v) is 6.05. The summed E-state index contributed by atoms with van der Waals surface area (Å²) in [5, 5.41) is 1.93. The maximum absolute atomic E-state index is 12.9. The highest BCUT2D eigenvalue weighted by atomic mass is 35.5. The summed E-state index contributed by atoms with van der Waals surface area (Å²) in [6, 6.07) is 4.54. The van der Waals surface area contributed by atoms with Crippen LogP contribution in [0.1, 0.15) is 15.9 Å². The van der Waals surface area contributed by atoms with Gasteiger partial charge in [-0.3, -0.25) is 9.78 Å². The number of carbonyl (C=O) groups excluding carboxylic acids is 1. The molecule has 0 saturated carbocycles. The summed E-state index contributed by atoms with van der Waals surface area (Å²) < 4.78 is 38.7. The first-order valence-electron chi connectivity index (χ1n) is 5.67. The van der Waals surface area contributed by atoms with E-state index in [2.05, 4.69) is 10.3 Å². The number of rotatable bonds is 2. The van der Waals surface area contributed by atoms with Crippen molar-refractivity contribution in [2.45, 2.75) is 6.18 Å². The standard InChI is InChI=1S/C13H9ClF3N3O/c14-9-3-1-2-8(13(15,16)17)11(9)20-12(21)7-4-5-19-6-10(7)18/h1-6H,18H2,(H,20,21). The highest BCUT2D eigenvalue weighted by molar-refractivity contribution is 6.34. The van der Waals surface area contributed by atoms with Gasteiger partial charge in [0.15, 0.2) is 0 Å². The number of nitrogens with zero attached hydrogens (tertiary/aromatic N) is 1. The smallest absolute Gasteiger partial charge is 0.397 e. The molecular formula is C13H9ClF3N3O. The van der Waals surface area contributed by atoms with Crippen LogP contribution in [0.25, 0.3) is 0 Å². The topological polar surface area (TPSA) is 68.0 Å². The Hall–Kier alpha value is -2.28. The predicted octanol–water partition coefficient (Wildman–Crippen LogP) is 3.59. The number of pyridine rings is 1. The van der Waals surface area contributed by atoms with E-state index in [1.807, 2.05) is 0 Å². The van der Waals surface area contributed by atoms with Crippen LogP contribution in [-0.2, 0) is 6.18 Å². The normalized spacial score (nSPS) is 11.2. The number of aromatic nitrogens is 1. The number of nitrogens with one attached hydrogen (secondary N) is 1. The fraction of sp³-hybridized carbons (Fsp3) is 0.0769. The van der Waals surface area contributed by atoms with Gasteiger partial charge in [-0.1, -0.05) is 17.7 Å². The molecule has 0 atom stereocenters. The van der Waals surface area contributed by atoms with Gasteiger partial charge in [0.2, 0.25) is 0 Å². The van der Waals surface area contributed by atoms with Gasteiger partial charge in [0.05, 0.1) is 33.7 Å². The summed E-state index contributed by atoms with van der Waals surface area (Å²) in [7, 11) is 0. The van der Waals surface area contributed by atoms with Crippen molar-refractivity contribution < 1.29 is 18.0 Å². The maximum Gasteiger partial charge on any atom is 0.418 e. The summed E-state index contributed by atoms with van der Waals surface area (Å²) in [6.07, 6.45) is -2.11. The SMILES string of the molecule is Nc1cnccc1C(=O)Nc1c(Cl)cccc1C(F)(F)F. The second-order valence-electron chi connectivity index (χ2n) is 4.08. The van der Waals surface area contributed by atoms with E-state index in [0.29, 0.717) is 0 Å². The Labute approximate surface area is 122 Å². The lowest BCUT2D eigenvalue weighted by Crippen LogP contribution is -2.18. The lowest BCUT2D eigenvalue weighted by molar-refractivity contribution is -0.136. The quantitative estimate of drug-likeness (QED) is 0.890. The number of benzene rings is 1. The van der Waals surface area contributed by atoms with E-state index in [9.17, 15) is 18.0 Å². The van der Waals surface area contributed by atoms with Crippen LogP contribution in [0.4, 0.5) is 24.5 Å². The Bertz CT molecular complexity index is 689. The Morgan fingerprint density at radius 1 is 1.29 bits per heavy atom. The molecule has 3 N–H and O–H groups in total. The molecule has 0 radical (unpaired) electrons. The van der Waals surface area contributed by atoms with Crippen molar-refractivity contribution in [2.75, 3.05) is 11.1 Å². The molecule has 0 unspecified atom stereocenters. The third kappa shape index (κ3) is 3.25. The van der Waals surface area contributed by atoms with Gasteiger partial charge >= 0.3 is 6.18 Å². The molecule has 1 aromatic carbocycles. The molecule has 2 rings (SSSR count). The number of hydrogen-bond acceptors (Lipinski definition) is 3. The molecule has 0 aliphatic heterocycles. The number of alkyl halides is 3. The lowest BCUT2D eigenvalue weighted by Gasteiger charge is -2.15. The molecule has 2 aromatic rings. The van der Waals surface area contributed by atoms with E-state index in [1.54, 1.807) is 0 Å². The summed E-state index contributed by atoms with van der Waals surface area (Å²) in [6.45, 7) is 0. The van der Waals surface area contributed by atoms with Gasteiger partial charge in [0.25, 0.3) is 5.91 Å². The number of hydrogen-bond donors (Lipinski definition) is 2. The molecule has 0 aliphatic rings. The van der Waals surface area contributed by atoms with Crippen molar-refractivity contribution in [3.05, 3.63) is 52.8 Å². The van der Waals surface area contributed by atoms with Crippen LogP contribution in [0.3, 0.4) is 0 Å². The van der Waals surface area contributed by atoms with Crippen LogP contribution >= 0.6 is 11.6 Å². The summed E-state index contributed by atoms with van der Waals surface area (Å²) >= 11 is 5.75. The molecule has 0 bridgehead atoms. The van der Waals surface area contributed by atoms with Crippen molar-refractivity contribution in [2.24, 2.45) is 0 Å². The summed E-state index contributed by atoms with van der Waals surface area (Å²) in [4.78, 5) is 15.7. The van der Waals surface area contributed by atoms with E-state index < -0.39 is 23.3 Å². The van der Waals surface area contributed by atoms with Crippen molar-refractivity contribution in [1.29, 1.82) is 0 Å². The van der Waals surface area contributed by atoms with Gasteiger partial charge in [-0.2, -0.15) is 13.2 Å². The molecule has 4 nitrogen and oxygen atoms in total. The fourth-order valence-corrected chi connectivity index (χ4v) is 1.90. The summed E-state index contributed by atoms with van der Waals surface area (Å²) in [5.41, 5.74) is 4.08. The van der Waals surface area contributed by atoms with E-state index in [1.165, 1.54) is 24.5 Å². The number of amides is 1. The number of nitrogens with two attached hydrogens (primary N) is 1. The molecule has 1 amide bonds. The highest BCUT2D eigenvalue weighted by Gasteiger charge is 2.35. The molecule has 8 heteroatoms. The molecular weight excluding hydrogens is 307 g/mol. The van der Waals surface area contributed by atoms with Crippen LogP contribution in [0.15, 0.2) is 36.7 Å². The van der Waals surface area contributed by atoms with E-state index in [-0.39, 0.29) is 16.3 Å². The largest absolute Gasteiger partial charge is 0.418 e. The van der Waals surface area contributed by atoms with E-state index in [4.69, 9.17) is 17.3 Å². The lowest BCUT2D eigenvalue weighted by atomic mass is 10.1. The Balaban J connectivity index is 2.41. The first-order chi connectivity index (χ1) is 9.80. The van der Waals surface area contributed by atoms with Gasteiger partial charge in [0, 0.05) is 6.20 Å². The predicted molar refractivity (Wildman–Crippen MR) is 73.1 cm³/mol. The monoisotopic (exact) mass is 315 g/mol. The number of nitrogen functional groups attached to an aromatic ring is 1. The number of carbonyl (C=O) groups is 1. The van der Waals surface area contributed by atoms with Crippen LogP contribution in [0.2, 0.25) is 5.02 Å². The van der Waals surface area contributed by atoms with Gasteiger partial charge in [-0.15, -0.1) is 0 Å². The average Bonchev–Trinajstić information content (AvgIpc) is 2.40. The molecule has 0 spiro atoms. The molecule has 0 aliphatic carbocycles. The van der Waals surface area contributed by atoms with Crippen molar-refractivity contribution >= 4 is 28.9 Å². The van der Waals surface area contributed by atoms with Crippen LogP contribution in [0.5, 0.6) is 0 Å². The van der Waals surface area contributed by atoms with Gasteiger partial charge in [-0.25, -0.2) is 0 Å². The van der Waals surface area contributed by atoms with E-state index in [0.717, 1.165) is 12.1 Å². The minimum Gasteiger partial charge on any atom is -0.397 e. The molecule has 1 heterocycles. The van der Waals surface area contributed by atoms with E-state index >= 15 is 0 Å². The molecule has 1 aromatic heterocycles. The number of halogens is 4. The Morgan fingerprint density at radius 2 is 2.00 bits per heavy atom. The second-order valence-corrected chi connectivity index (χ2v) is 4.48. The zero-order valence-corrected chi connectivity index (χ0v) is 11.2. The third-order valence-corrected chi connectivity index (χ3v) is 2.97. The van der Waals surface area contributed by atoms with Crippen LogP contribution in [0, 0.1) is 0 Å². The minimum atomic E-state index is -4.64. The third-order valence-electron chi connectivity index (χ3n) is 2.65. The maximum atomic E-state index is 12.9. The number of anilines is 2. The number of para-hydroxylation sites is 1. The fourth-order valence-electron chi connectivity index (χ4n) is 1.68. The first kappa shape index (κ1) is 15.1. The van der Waals surface area contributed by atoms with Gasteiger partial charge in [-0.05, 0) is 18.2 Å². The zero-order chi connectivity index (χ0) is 15.6. The van der Waals surface area contributed by atoms with Gasteiger partial charge < -0.3 is 11.1 Å². The van der Waals surface area contributed by atoms with Crippen molar-refractivity contribution in [3.8, 4) is 0 Å². The average molecular weight is 316 g/mol. The summed E-state index contributed by atoms with van der Waals surface area (Å²) in [5.74, 6) is -0.798. The minimum absolute atomic E-state index is 0.0121. The van der Waals surface area contributed by atoms with Crippen LogP contribution < -0.4 is 11.1 Å². The van der Waals surface area contributed by atoms with Crippen molar-refractivity contribution in [3.63, 3.8) is 0 Å². The van der Waals surface area contributed by atoms with Gasteiger partial charge in [0.1, 0.15) is 0 Å². The molecule has 110 valence electrons.